The van der Waals surface area contributed by atoms with E-state index in [0.29, 0.717) is 11.5 Å². The van der Waals surface area contributed by atoms with Crippen molar-refractivity contribution in [2.75, 3.05) is 26.7 Å². The highest BCUT2D eigenvalue weighted by atomic mass is 32.2. The van der Waals surface area contributed by atoms with E-state index >= 15 is 0 Å². The number of amides is 1. The zero-order valence-electron chi connectivity index (χ0n) is 13.3. The van der Waals surface area contributed by atoms with Crippen molar-refractivity contribution < 1.29 is 13.2 Å². The zero-order valence-corrected chi connectivity index (χ0v) is 14.1. The Morgan fingerprint density at radius 2 is 1.91 bits per heavy atom. The smallest absolute Gasteiger partial charge is 0.253 e. The van der Waals surface area contributed by atoms with E-state index in [0.717, 1.165) is 38.9 Å². The summed E-state index contributed by atoms with van der Waals surface area (Å²) < 4.78 is 26.9. The summed E-state index contributed by atoms with van der Waals surface area (Å²) in [4.78, 5) is 14.5. The molecule has 2 aliphatic rings. The van der Waals surface area contributed by atoms with Crippen LogP contribution in [0.3, 0.4) is 0 Å². The average Bonchev–Trinajstić information content (AvgIpc) is 3.21. The highest BCUT2D eigenvalue weighted by Crippen LogP contribution is 2.23. The van der Waals surface area contributed by atoms with Crippen LogP contribution < -0.4 is 10.0 Å². The van der Waals surface area contributed by atoms with E-state index in [2.05, 4.69) is 10.0 Å². The Hall–Kier alpha value is -1.44. The summed E-state index contributed by atoms with van der Waals surface area (Å²) in [7, 11) is -1.54. The van der Waals surface area contributed by atoms with Gasteiger partial charge in [-0.1, -0.05) is 0 Å². The summed E-state index contributed by atoms with van der Waals surface area (Å²) in [5.74, 6) is 0.467. The number of hydrogen-bond acceptors (Lipinski definition) is 4. The topological polar surface area (TPSA) is 78.5 Å². The minimum absolute atomic E-state index is 0.0253. The molecule has 1 saturated carbocycles. The van der Waals surface area contributed by atoms with Crippen LogP contribution in [-0.2, 0) is 10.0 Å². The first kappa shape index (κ1) is 16.4. The highest BCUT2D eigenvalue weighted by molar-refractivity contribution is 7.89. The van der Waals surface area contributed by atoms with Crippen LogP contribution >= 0.6 is 0 Å². The molecule has 1 unspecified atom stereocenters. The Kier molecular flexibility index (Phi) is 4.70. The van der Waals surface area contributed by atoms with Crippen LogP contribution in [0.4, 0.5) is 0 Å². The number of carbonyl (C=O) groups is 1. The van der Waals surface area contributed by atoms with E-state index in [1.54, 1.807) is 12.1 Å². The Morgan fingerprint density at radius 1 is 1.22 bits per heavy atom. The first-order valence-corrected chi connectivity index (χ1v) is 9.54. The minimum atomic E-state index is -3.46. The molecule has 2 N–H and O–H groups in total. The van der Waals surface area contributed by atoms with E-state index in [-0.39, 0.29) is 16.8 Å². The molecule has 7 heteroatoms. The van der Waals surface area contributed by atoms with Crippen molar-refractivity contribution in [3.63, 3.8) is 0 Å². The predicted octanol–water partition coefficient (Wildman–Crippen LogP) is 0.809. The van der Waals surface area contributed by atoms with Gasteiger partial charge in [0.2, 0.25) is 10.0 Å². The maximum atomic E-state index is 12.5. The van der Waals surface area contributed by atoms with Crippen LogP contribution in [-0.4, -0.2) is 51.9 Å². The third kappa shape index (κ3) is 3.91. The van der Waals surface area contributed by atoms with Crippen LogP contribution in [0.1, 0.15) is 29.6 Å². The molecule has 1 saturated heterocycles. The molecular formula is C16H23N3O3S. The van der Waals surface area contributed by atoms with E-state index in [1.807, 2.05) is 11.9 Å². The number of nitrogens with zero attached hydrogens (tertiary/aromatic N) is 1. The Morgan fingerprint density at radius 3 is 2.52 bits per heavy atom. The van der Waals surface area contributed by atoms with E-state index < -0.39 is 10.0 Å². The molecule has 1 atom stereocenters. The third-order valence-electron chi connectivity index (χ3n) is 4.38. The average molecular weight is 337 g/mol. The van der Waals surface area contributed by atoms with Gasteiger partial charge in [-0.15, -0.1) is 0 Å². The standard InChI is InChI=1S/C16H23N3O3S/c1-17-10-12-8-9-19(11-12)16(20)13-2-6-15(7-3-13)23(21,22)18-14-4-5-14/h2-3,6-7,12,14,17-18H,4-5,8-11H2,1H3. The second kappa shape index (κ2) is 6.59. The molecule has 1 amide bonds. The van der Waals surface area contributed by atoms with Crippen molar-refractivity contribution in [1.82, 2.24) is 14.9 Å². The van der Waals surface area contributed by atoms with Gasteiger partial charge in [0.25, 0.3) is 5.91 Å². The number of hydrogen-bond donors (Lipinski definition) is 2. The lowest BCUT2D eigenvalue weighted by atomic mass is 10.1. The molecule has 1 aliphatic carbocycles. The molecule has 1 aromatic carbocycles. The number of nitrogens with one attached hydrogen (secondary N) is 2. The number of rotatable bonds is 6. The van der Waals surface area contributed by atoms with Crippen molar-refractivity contribution in [3.05, 3.63) is 29.8 Å². The van der Waals surface area contributed by atoms with Gasteiger partial charge in [-0.25, -0.2) is 13.1 Å². The van der Waals surface area contributed by atoms with Crippen LogP contribution in [0.2, 0.25) is 0 Å². The molecule has 1 aliphatic heterocycles. The van der Waals surface area contributed by atoms with Crippen LogP contribution in [0, 0.1) is 5.92 Å². The quantitative estimate of drug-likeness (QED) is 0.805. The fourth-order valence-corrected chi connectivity index (χ4v) is 4.23. The third-order valence-corrected chi connectivity index (χ3v) is 5.91. The van der Waals surface area contributed by atoms with E-state index in [1.165, 1.54) is 12.1 Å². The first-order valence-electron chi connectivity index (χ1n) is 8.06. The highest BCUT2D eigenvalue weighted by Gasteiger charge is 2.29. The molecule has 0 spiro atoms. The SMILES string of the molecule is CNCC1CCN(C(=O)c2ccc(S(=O)(=O)NC3CC3)cc2)C1. The number of sulfonamides is 1. The van der Waals surface area contributed by atoms with Crippen molar-refractivity contribution in [1.29, 1.82) is 0 Å². The summed E-state index contributed by atoms with van der Waals surface area (Å²) in [6.07, 6.45) is 2.81. The summed E-state index contributed by atoms with van der Waals surface area (Å²) in [5, 5.41) is 3.14. The van der Waals surface area contributed by atoms with Gasteiger partial charge in [-0.3, -0.25) is 4.79 Å². The van der Waals surface area contributed by atoms with E-state index in [4.69, 9.17) is 0 Å². The number of benzene rings is 1. The summed E-state index contributed by atoms with van der Waals surface area (Å²) in [6.45, 7) is 2.42. The van der Waals surface area contributed by atoms with Crippen LogP contribution in [0.5, 0.6) is 0 Å². The Balaban J connectivity index is 1.66. The fourth-order valence-electron chi connectivity index (χ4n) is 2.92. The van der Waals surface area contributed by atoms with Crippen LogP contribution in [0.25, 0.3) is 0 Å². The Bertz CT molecular complexity index is 668. The molecule has 23 heavy (non-hydrogen) atoms. The molecule has 1 aromatic rings. The van der Waals surface area contributed by atoms with Crippen molar-refractivity contribution in [3.8, 4) is 0 Å². The first-order chi connectivity index (χ1) is 11.0. The fraction of sp³-hybridized carbons (Fsp3) is 0.562. The van der Waals surface area contributed by atoms with Gasteiger partial charge >= 0.3 is 0 Å². The lowest BCUT2D eigenvalue weighted by molar-refractivity contribution is 0.0787. The molecular weight excluding hydrogens is 314 g/mol. The van der Waals surface area contributed by atoms with Gasteiger partial charge in [0, 0.05) is 24.7 Å². The monoisotopic (exact) mass is 337 g/mol. The second-order valence-electron chi connectivity index (χ2n) is 6.38. The van der Waals surface area contributed by atoms with Gasteiger partial charge < -0.3 is 10.2 Å². The minimum Gasteiger partial charge on any atom is -0.338 e. The maximum absolute atomic E-state index is 12.5. The summed E-state index contributed by atoms with van der Waals surface area (Å²) >= 11 is 0. The largest absolute Gasteiger partial charge is 0.338 e. The van der Waals surface area contributed by atoms with Crippen molar-refractivity contribution >= 4 is 15.9 Å². The number of likely N-dealkylation sites (tertiary alicyclic amines) is 1. The van der Waals surface area contributed by atoms with Gasteiger partial charge in [0.15, 0.2) is 0 Å². The maximum Gasteiger partial charge on any atom is 0.253 e. The lowest BCUT2D eigenvalue weighted by Crippen LogP contribution is -2.30. The predicted molar refractivity (Wildman–Crippen MR) is 87.7 cm³/mol. The summed E-state index contributed by atoms with van der Waals surface area (Å²) in [6, 6.07) is 6.32. The van der Waals surface area contributed by atoms with Crippen molar-refractivity contribution in [2.24, 2.45) is 5.92 Å². The second-order valence-corrected chi connectivity index (χ2v) is 8.10. The molecule has 1 heterocycles. The van der Waals surface area contributed by atoms with E-state index in [9.17, 15) is 13.2 Å². The molecule has 3 rings (SSSR count). The van der Waals surface area contributed by atoms with Crippen molar-refractivity contribution in [2.45, 2.75) is 30.2 Å². The number of carbonyl (C=O) groups excluding carboxylic acids is 1. The molecule has 0 radical (unpaired) electrons. The normalized spacial score (nSPS) is 21.6. The summed E-state index contributed by atoms with van der Waals surface area (Å²) in [5.41, 5.74) is 0.542. The molecule has 2 fully saturated rings. The molecule has 0 aromatic heterocycles. The van der Waals surface area contributed by atoms with Crippen LogP contribution in [0.15, 0.2) is 29.2 Å². The zero-order chi connectivity index (χ0) is 16.4. The van der Waals surface area contributed by atoms with Gasteiger partial charge in [-0.2, -0.15) is 0 Å². The van der Waals surface area contributed by atoms with Gasteiger partial charge in [0.1, 0.15) is 0 Å². The lowest BCUT2D eigenvalue weighted by Gasteiger charge is -2.17. The van der Waals surface area contributed by atoms with Gasteiger partial charge in [0.05, 0.1) is 4.90 Å². The molecule has 6 nitrogen and oxygen atoms in total. The molecule has 126 valence electrons. The molecule has 0 bridgehead atoms. The Labute approximate surface area is 137 Å². The van der Waals surface area contributed by atoms with Gasteiger partial charge in [-0.05, 0) is 63.0 Å².